The fraction of sp³-hybridized carbons (Fsp3) is 0.227. The van der Waals surface area contributed by atoms with Crippen LogP contribution in [-0.2, 0) is 9.53 Å². The Morgan fingerprint density at radius 3 is 2.30 bits per heavy atom. The van der Waals surface area contributed by atoms with Gasteiger partial charge in [-0.2, -0.15) is 0 Å². The van der Waals surface area contributed by atoms with Crippen molar-refractivity contribution in [3.8, 4) is 23.7 Å². The Morgan fingerprint density at radius 1 is 1.03 bits per heavy atom. The molecule has 1 aromatic carbocycles. The number of carbonyl (C=O) groups excluding carboxylic acids is 3. The van der Waals surface area contributed by atoms with Gasteiger partial charge in [0.15, 0.2) is 17.6 Å². The molecule has 0 aliphatic heterocycles. The van der Waals surface area contributed by atoms with Crippen LogP contribution < -0.4 is 10.6 Å². The maximum Gasteiger partial charge on any atom is 0.331 e. The van der Waals surface area contributed by atoms with Gasteiger partial charge in [0.1, 0.15) is 0 Å². The normalized spacial score (nSPS) is 11.6. The van der Waals surface area contributed by atoms with Crippen molar-refractivity contribution in [2.45, 2.75) is 19.1 Å². The second-order valence-electron chi connectivity index (χ2n) is 6.04. The lowest BCUT2D eigenvalue weighted by Gasteiger charge is -2.18. The molecule has 2 atom stereocenters. The minimum Gasteiger partial charge on any atom is -0.467 e. The van der Waals surface area contributed by atoms with Crippen LogP contribution in [0.2, 0.25) is 0 Å². The number of aliphatic hydroxyl groups is 1. The number of aliphatic hydroxyl groups excluding tert-OH is 1. The zero-order valence-corrected chi connectivity index (χ0v) is 16.6. The second-order valence-corrected chi connectivity index (χ2v) is 6.04. The number of hydrogen-bond donors (Lipinski definition) is 3. The molecule has 1 heterocycles. The summed E-state index contributed by atoms with van der Waals surface area (Å²) in [4.78, 5) is 35.3. The molecule has 2 amide bonds. The summed E-state index contributed by atoms with van der Waals surface area (Å²) in [6.07, 6.45) is -1.10. The quantitative estimate of drug-likeness (QED) is 0.495. The minimum absolute atomic E-state index is 0.161. The molecule has 1 aromatic heterocycles. The summed E-state index contributed by atoms with van der Waals surface area (Å²) in [5, 5.41) is 14.5. The highest BCUT2D eigenvalue weighted by Gasteiger charge is 2.26. The van der Waals surface area contributed by atoms with Gasteiger partial charge in [-0.05, 0) is 61.1 Å². The predicted molar refractivity (Wildman–Crippen MR) is 107 cm³/mol. The predicted octanol–water partition coefficient (Wildman–Crippen LogP) is 0.695. The third-order valence-corrected chi connectivity index (χ3v) is 3.88. The Kier molecular flexibility index (Phi) is 7.81. The van der Waals surface area contributed by atoms with E-state index in [-0.39, 0.29) is 11.7 Å². The first-order valence-corrected chi connectivity index (χ1v) is 8.86. The molecule has 8 nitrogen and oxygen atoms in total. The van der Waals surface area contributed by atoms with Gasteiger partial charge in [0.05, 0.1) is 13.2 Å². The van der Waals surface area contributed by atoms with Gasteiger partial charge < -0.3 is 24.9 Å². The van der Waals surface area contributed by atoms with E-state index in [1.165, 1.54) is 39.3 Å². The molecule has 0 radical (unpaired) electrons. The topological polar surface area (TPSA) is 118 Å². The number of hydrogen-bond acceptors (Lipinski definition) is 6. The molecule has 2 rings (SSSR count). The van der Waals surface area contributed by atoms with Gasteiger partial charge in [-0.3, -0.25) is 9.59 Å². The third kappa shape index (κ3) is 5.99. The molecule has 0 saturated heterocycles. The van der Waals surface area contributed by atoms with E-state index in [0.29, 0.717) is 16.9 Å². The molecule has 0 bridgehead atoms. The monoisotopic (exact) mass is 408 g/mol. The van der Waals surface area contributed by atoms with Crippen LogP contribution >= 0.6 is 0 Å². The van der Waals surface area contributed by atoms with E-state index in [1.807, 2.05) is 0 Å². The van der Waals surface area contributed by atoms with Crippen molar-refractivity contribution in [2.75, 3.05) is 14.2 Å². The maximum absolute atomic E-state index is 12.3. The van der Waals surface area contributed by atoms with Crippen molar-refractivity contribution >= 4 is 17.8 Å². The molecule has 154 valence electrons. The number of benzene rings is 1. The number of methoxy groups -OCH3 is 1. The smallest absolute Gasteiger partial charge is 0.331 e. The van der Waals surface area contributed by atoms with E-state index in [0.717, 1.165) is 0 Å². The number of ether oxygens (including phenoxy) is 1. The maximum atomic E-state index is 12.3. The number of nitrogens with one attached hydrogen (secondary N) is 2. The molecule has 0 saturated carbocycles. The molecule has 0 aliphatic rings. The number of furan rings is 1. The largest absolute Gasteiger partial charge is 0.467 e. The first-order valence-electron chi connectivity index (χ1n) is 8.86. The summed E-state index contributed by atoms with van der Waals surface area (Å²) in [7, 11) is 2.67. The molecule has 0 spiro atoms. The fourth-order valence-electron chi connectivity index (χ4n) is 2.28. The molecule has 8 heteroatoms. The zero-order valence-electron chi connectivity index (χ0n) is 16.6. The highest BCUT2D eigenvalue weighted by atomic mass is 16.5. The van der Waals surface area contributed by atoms with Crippen molar-refractivity contribution in [1.29, 1.82) is 0 Å². The molecule has 0 unspecified atom stereocenters. The van der Waals surface area contributed by atoms with Crippen molar-refractivity contribution in [2.24, 2.45) is 0 Å². The molecule has 30 heavy (non-hydrogen) atoms. The average molecular weight is 408 g/mol. The highest BCUT2D eigenvalue weighted by molar-refractivity contribution is 5.97. The molecular weight excluding hydrogens is 388 g/mol. The summed E-state index contributed by atoms with van der Waals surface area (Å²) >= 11 is 0. The van der Waals surface area contributed by atoms with Crippen molar-refractivity contribution in [3.05, 3.63) is 59.0 Å². The Hall–Kier alpha value is -4.01. The van der Waals surface area contributed by atoms with Gasteiger partial charge in [-0.15, -0.1) is 0 Å². The molecule has 0 fully saturated rings. The second kappa shape index (κ2) is 10.5. The van der Waals surface area contributed by atoms with Crippen molar-refractivity contribution in [1.82, 2.24) is 10.6 Å². The molecule has 0 aliphatic carbocycles. The highest BCUT2D eigenvalue weighted by Crippen LogP contribution is 2.07. The van der Waals surface area contributed by atoms with Crippen LogP contribution in [0.15, 0.2) is 40.8 Å². The van der Waals surface area contributed by atoms with E-state index < -0.39 is 24.0 Å². The SMILES string of the molecule is CNC(=O)c1ccc(C#CC#Cc2ccc(C(=O)N[C@H](C(=O)OC)[C@@H](C)O)cc2)o1. The lowest BCUT2D eigenvalue weighted by molar-refractivity contribution is -0.145. The minimum atomic E-state index is -1.16. The summed E-state index contributed by atoms with van der Waals surface area (Å²) in [5.41, 5.74) is 0.907. The van der Waals surface area contributed by atoms with E-state index in [2.05, 4.69) is 39.1 Å². The van der Waals surface area contributed by atoms with Crippen LogP contribution in [0.5, 0.6) is 0 Å². The third-order valence-electron chi connectivity index (χ3n) is 3.88. The summed E-state index contributed by atoms with van der Waals surface area (Å²) < 4.78 is 9.82. The first-order chi connectivity index (χ1) is 14.3. The first kappa shape index (κ1) is 22.3. The standard InChI is InChI=1S/C22H20N2O6/c1-14(25)19(22(28)29-3)24-20(26)16-10-8-15(9-11-16)6-4-5-7-17-12-13-18(30-17)21(27)23-2/h8-14,19,25H,1-3H3,(H,23,27)(H,24,26)/t14-,19+/m1/s1. The van der Waals surface area contributed by atoms with Crippen LogP contribution in [0.3, 0.4) is 0 Å². The lowest BCUT2D eigenvalue weighted by atomic mass is 10.1. The Bertz CT molecular complexity index is 1050. The van der Waals surface area contributed by atoms with Crippen LogP contribution in [-0.4, -0.2) is 49.2 Å². The fourth-order valence-corrected chi connectivity index (χ4v) is 2.28. The van der Waals surface area contributed by atoms with Crippen LogP contribution in [0, 0.1) is 23.7 Å². The summed E-state index contributed by atoms with van der Waals surface area (Å²) in [6, 6.07) is 8.23. The van der Waals surface area contributed by atoms with Crippen LogP contribution in [0.1, 0.15) is 39.2 Å². The van der Waals surface area contributed by atoms with Gasteiger partial charge in [0.2, 0.25) is 0 Å². The lowest BCUT2D eigenvalue weighted by Crippen LogP contribution is -2.48. The van der Waals surface area contributed by atoms with Gasteiger partial charge in [0, 0.05) is 18.2 Å². The molecule has 2 aromatic rings. The summed E-state index contributed by atoms with van der Waals surface area (Å²) in [6.45, 7) is 1.38. The van der Waals surface area contributed by atoms with Gasteiger partial charge >= 0.3 is 5.97 Å². The van der Waals surface area contributed by atoms with Crippen LogP contribution in [0.4, 0.5) is 0 Å². The zero-order chi connectivity index (χ0) is 22.1. The average Bonchev–Trinajstić information content (AvgIpc) is 3.23. The van der Waals surface area contributed by atoms with Crippen molar-refractivity contribution < 1.29 is 28.6 Å². The number of esters is 1. The van der Waals surface area contributed by atoms with Gasteiger partial charge in [0.25, 0.3) is 11.8 Å². The van der Waals surface area contributed by atoms with E-state index in [4.69, 9.17) is 4.42 Å². The van der Waals surface area contributed by atoms with Crippen molar-refractivity contribution in [3.63, 3.8) is 0 Å². The number of carbonyl (C=O) groups is 3. The van der Waals surface area contributed by atoms with E-state index >= 15 is 0 Å². The number of amides is 2. The summed E-state index contributed by atoms with van der Waals surface area (Å²) in [5.74, 6) is 9.64. The Balaban J connectivity index is 2.02. The van der Waals surface area contributed by atoms with E-state index in [9.17, 15) is 19.5 Å². The molecular formula is C22H20N2O6. The van der Waals surface area contributed by atoms with Gasteiger partial charge in [-0.1, -0.05) is 5.92 Å². The Morgan fingerprint density at radius 2 is 1.70 bits per heavy atom. The number of rotatable bonds is 5. The van der Waals surface area contributed by atoms with Gasteiger partial charge in [-0.25, -0.2) is 4.79 Å². The van der Waals surface area contributed by atoms with E-state index in [1.54, 1.807) is 18.2 Å². The molecule has 3 N–H and O–H groups in total. The van der Waals surface area contributed by atoms with Crippen LogP contribution in [0.25, 0.3) is 0 Å². The Labute approximate surface area is 173 Å².